The Labute approximate surface area is 173 Å². The predicted molar refractivity (Wildman–Crippen MR) is 104 cm³/mol. The van der Waals surface area contributed by atoms with E-state index in [1.165, 1.54) is 4.90 Å². The molecule has 166 valence electrons. The highest BCUT2D eigenvalue weighted by Gasteiger charge is 2.40. The smallest absolute Gasteiger partial charge is 0.417 e. The number of ether oxygens (including phenoxy) is 1. The number of anilines is 1. The average molecular weight is 428 g/mol. The van der Waals surface area contributed by atoms with Crippen LogP contribution >= 0.6 is 0 Å². The molecule has 0 saturated carbocycles. The molecule has 3 heterocycles. The molecule has 3 rings (SSSR count). The van der Waals surface area contributed by atoms with Gasteiger partial charge in [-0.2, -0.15) is 13.2 Å². The number of likely N-dealkylation sites (N-methyl/N-ethyl adjacent to an activating group) is 1. The third kappa shape index (κ3) is 4.79. The number of piperazine rings is 1. The fourth-order valence-corrected chi connectivity index (χ4v) is 3.71. The molecular formula is C20H27F3N4O3. The van der Waals surface area contributed by atoms with Crippen molar-refractivity contribution in [3.05, 3.63) is 23.4 Å². The van der Waals surface area contributed by atoms with Gasteiger partial charge in [0.05, 0.1) is 12.1 Å². The first-order chi connectivity index (χ1) is 13.9. The summed E-state index contributed by atoms with van der Waals surface area (Å²) in [5.74, 6) is 0.179. The minimum absolute atomic E-state index is 0.0836. The zero-order chi connectivity index (χ0) is 22.3. The van der Waals surface area contributed by atoms with Crippen LogP contribution in [-0.2, 0) is 22.1 Å². The Morgan fingerprint density at radius 2 is 1.90 bits per heavy atom. The number of aromatic nitrogens is 1. The van der Waals surface area contributed by atoms with Gasteiger partial charge in [0.15, 0.2) is 0 Å². The van der Waals surface area contributed by atoms with E-state index >= 15 is 0 Å². The summed E-state index contributed by atoms with van der Waals surface area (Å²) in [5, 5.41) is 0. The van der Waals surface area contributed by atoms with E-state index in [4.69, 9.17) is 4.74 Å². The summed E-state index contributed by atoms with van der Waals surface area (Å²) in [4.78, 5) is 34.5. The van der Waals surface area contributed by atoms with Crippen molar-refractivity contribution in [2.45, 2.75) is 51.4 Å². The Morgan fingerprint density at radius 1 is 1.20 bits per heavy atom. The van der Waals surface area contributed by atoms with Crippen LogP contribution in [0, 0.1) is 0 Å². The highest BCUT2D eigenvalue weighted by molar-refractivity contribution is 5.86. The molecule has 2 amide bonds. The van der Waals surface area contributed by atoms with Crippen LogP contribution < -0.4 is 4.90 Å². The average Bonchev–Trinajstić information content (AvgIpc) is 2.68. The molecule has 0 N–H and O–H groups in total. The van der Waals surface area contributed by atoms with Crippen LogP contribution in [0.15, 0.2) is 12.3 Å². The molecule has 0 bridgehead atoms. The first kappa shape index (κ1) is 22.2. The van der Waals surface area contributed by atoms with Crippen LogP contribution in [0.5, 0.6) is 0 Å². The number of hydrogen-bond acceptors (Lipinski definition) is 5. The lowest BCUT2D eigenvalue weighted by Crippen LogP contribution is -2.61. The lowest BCUT2D eigenvalue weighted by Gasteiger charge is -2.42. The van der Waals surface area contributed by atoms with Crippen LogP contribution in [0.4, 0.5) is 23.8 Å². The highest BCUT2D eigenvalue weighted by Crippen LogP contribution is 2.34. The van der Waals surface area contributed by atoms with Crippen molar-refractivity contribution < 1.29 is 27.5 Å². The summed E-state index contributed by atoms with van der Waals surface area (Å²) in [6, 6.07) is 0.382. The molecule has 2 aliphatic heterocycles. The lowest BCUT2D eigenvalue weighted by atomic mass is 10.1. The quantitative estimate of drug-likeness (QED) is 0.636. The summed E-state index contributed by atoms with van der Waals surface area (Å²) >= 11 is 0. The van der Waals surface area contributed by atoms with Crippen molar-refractivity contribution in [3.8, 4) is 0 Å². The zero-order valence-corrected chi connectivity index (χ0v) is 17.6. The molecule has 1 aromatic heterocycles. The number of rotatable bonds is 0. The number of hydrogen-bond donors (Lipinski definition) is 0. The number of carbonyl (C=O) groups is 2. The van der Waals surface area contributed by atoms with E-state index < -0.39 is 29.5 Å². The van der Waals surface area contributed by atoms with E-state index in [2.05, 4.69) is 4.98 Å². The van der Waals surface area contributed by atoms with Crippen LogP contribution in [0.1, 0.15) is 38.3 Å². The lowest BCUT2D eigenvalue weighted by molar-refractivity contribution is -0.138. The van der Waals surface area contributed by atoms with E-state index in [1.54, 1.807) is 37.6 Å². The van der Waals surface area contributed by atoms with Gasteiger partial charge in [0, 0.05) is 32.9 Å². The number of fused-ring (bicyclic) bond motifs is 3. The van der Waals surface area contributed by atoms with Gasteiger partial charge >= 0.3 is 12.3 Å². The second-order valence-corrected chi connectivity index (χ2v) is 8.70. The first-order valence-corrected chi connectivity index (χ1v) is 9.92. The summed E-state index contributed by atoms with van der Waals surface area (Å²) in [7, 11) is 1.66. The molecule has 0 spiro atoms. The maximum atomic E-state index is 13.2. The molecule has 10 heteroatoms. The van der Waals surface area contributed by atoms with Gasteiger partial charge in [-0.15, -0.1) is 0 Å². The number of amides is 2. The van der Waals surface area contributed by atoms with Gasteiger partial charge in [-0.1, -0.05) is 0 Å². The maximum Gasteiger partial charge on any atom is 0.417 e. The number of alkyl halides is 3. The second kappa shape index (κ2) is 7.96. The molecule has 2 aliphatic rings. The minimum atomic E-state index is -4.48. The molecule has 1 atom stereocenters. The van der Waals surface area contributed by atoms with Gasteiger partial charge in [-0.25, -0.2) is 9.78 Å². The fraction of sp³-hybridized carbons (Fsp3) is 0.650. The van der Waals surface area contributed by atoms with Gasteiger partial charge < -0.3 is 19.4 Å². The first-order valence-electron chi connectivity index (χ1n) is 9.92. The zero-order valence-electron chi connectivity index (χ0n) is 17.6. The molecule has 1 aromatic rings. The van der Waals surface area contributed by atoms with Crippen LogP contribution in [-0.4, -0.2) is 71.7 Å². The molecule has 0 aliphatic carbocycles. The normalized spacial score (nSPS) is 20.7. The van der Waals surface area contributed by atoms with Crippen LogP contribution in [0.25, 0.3) is 0 Å². The SMILES string of the molecule is CN1CCCc2cc(C(F)(F)F)cnc2N2CCN(C(=O)OC(C)(C)C)CC2C1=O. The molecule has 0 radical (unpaired) electrons. The molecule has 7 nitrogen and oxygen atoms in total. The Kier molecular flexibility index (Phi) is 5.88. The standard InChI is InChI=1S/C20H27F3N4O3/c1-19(2,3)30-18(29)26-8-9-27-15(12-26)17(28)25(4)7-5-6-13-10-14(20(21,22)23)11-24-16(13)27/h10-11,15H,5-9,12H2,1-4H3. The van der Waals surface area contributed by atoms with Crippen molar-refractivity contribution in [3.63, 3.8) is 0 Å². The molecular weight excluding hydrogens is 401 g/mol. The summed E-state index contributed by atoms with van der Waals surface area (Å²) in [6.45, 7) is 6.33. The Morgan fingerprint density at radius 3 is 2.53 bits per heavy atom. The second-order valence-electron chi connectivity index (χ2n) is 8.70. The van der Waals surface area contributed by atoms with Crippen molar-refractivity contribution in [1.29, 1.82) is 0 Å². The summed E-state index contributed by atoms with van der Waals surface area (Å²) in [5.41, 5.74) is -1.01. The Bertz CT molecular complexity index is 822. The third-order valence-corrected chi connectivity index (χ3v) is 5.18. The summed E-state index contributed by atoms with van der Waals surface area (Å²) < 4.78 is 45.0. The van der Waals surface area contributed by atoms with Crippen molar-refractivity contribution in [2.24, 2.45) is 0 Å². The van der Waals surface area contributed by atoms with Gasteiger partial charge in [0.2, 0.25) is 5.91 Å². The van der Waals surface area contributed by atoms with E-state index in [0.29, 0.717) is 30.8 Å². The number of pyridine rings is 1. The monoisotopic (exact) mass is 428 g/mol. The van der Waals surface area contributed by atoms with Gasteiger partial charge in [0.1, 0.15) is 17.5 Å². The molecule has 1 saturated heterocycles. The van der Waals surface area contributed by atoms with Crippen molar-refractivity contribution >= 4 is 17.8 Å². The number of carbonyl (C=O) groups excluding carboxylic acids is 2. The van der Waals surface area contributed by atoms with Gasteiger partial charge in [0.25, 0.3) is 0 Å². The van der Waals surface area contributed by atoms with E-state index in [0.717, 1.165) is 12.3 Å². The number of halogens is 3. The summed E-state index contributed by atoms with van der Waals surface area (Å²) in [6.07, 6.45) is -3.29. The predicted octanol–water partition coefficient (Wildman–Crippen LogP) is 2.93. The van der Waals surface area contributed by atoms with Crippen LogP contribution in [0.2, 0.25) is 0 Å². The molecule has 1 fully saturated rings. The maximum absolute atomic E-state index is 13.2. The van der Waals surface area contributed by atoms with E-state index in [1.807, 2.05) is 0 Å². The van der Waals surface area contributed by atoms with E-state index in [-0.39, 0.29) is 25.5 Å². The number of nitrogens with zero attached hydrogens (tertiary/aromatic N) is 4. The third-order valence-electron chi connectivity index (χ3n) is 5.18. The number of aryl methyl sites for hydroxylation is 1. The van der Waals surface area contributed by atoms with Crippen molar-refractivity contribution in [2.75, 3.05) is 38.1 Å². The fourth-order valence-electron chi connectivity index (χ4n) is 3.71. The van der Waals surface area contributed by atoms with Crippen molar-refractivity contribution in [1.82, 2.24) is 14.8 Å². The van der Waals surface area contributed by atoms with Gasteiger partial charge in [-0.05, 0) is 45.2 Å². The van der Waals surface area contributed by atoms with E-state index in [9.17, 15) is 22.8 Å². The molecule has 30 heavy (non-hydrogen) atoms. The Balaban J connectivity index is 1.94. The molecule has 1 unspecified atom stereocenters. The Hall–Kier alpha value is -2.52. The van der Waals surface area contributed by atoms with Gasteiger partial charge in [-0.3, -0.25) is 4.79 Å². The molecule has 0 aromatic carbocycles. The van der Waals surface area contributed by atoms with Crippen LogP contribution in [0.3, 0.4) is 0 Å². The highest BCUT2D eigenvalue weighted by atomic mass is 19.4. The minimum Gasteiger partial charge on any atom is -0.444 e. The topological polar surface area (TPSA) is 66.0 Å². The largest absolute Gasteiger partial charge is 0.444 e.